The lowest BCUT2D eigenvalue weighted by molar-refractivity contribution is -0.142. The molecule has 0 aromatic rings. The standard InChI is InChI=1S/C35H71N2O48P11S/c1-35(2,3)85-96(62,63)83-27-26-81-94(58,59)79-23-22-77-92(54,55)75-19-18-73-90(50,51)71-15-14-69-88(46,47)67-11-10-65-86(42,43)64-8-9-66-87(44,45)68-12-13-70-89(48,49)72-16-17-74-91(52,53)76-20-21-78-93(56,57)80-24-25-82-95(60,61)84-29-97-30-28-33(40)37(34(30)41)7-6-36-31(38)4-5-32(36)39/h4-5,30H,6-29H2,1-3H3,(H,42,43)(H,44,45)(H,46,47)(H,48,49)(H,50,51)(H,52,53)(H,54,55)(H,56,57)(H,58,59)(H,60,61)(H,62,63). The summed E-state index contributed by atoms with van der Waals surface area (Å²) in [5, 5.41) is -1.04. The molecule has 12 atom stereocenters. The summed E-state index contributed by atoms with van der Waals surface area (Å²) in [6.07, 6.45) is 1.73. The number of hydrogen-bond donors (Lipinski definition) is 11. The van der Waals surface area contributed by atoms with Crippen molar-refractivity contribution in [2.24, 2.45) is 0 Å². The van der Waals surface area contributed by atoms with Crippen LogP contribution < -0.4 is 0 Å². The van der Waals surface area contributed by atoms with Gasteiger partial charge in [0, 0.05) is 31.7 Å². The fraction of sp³-hybridized carbons (Fsp3) is 0.829. The minimum atomic E-state index is -5.02. The van der Waals surface area contributed by atoms with Gasteiger partial charge in [0.1, 0.15) is 5.94 Å². The molecule has 11 N–H and O–H groups in total. The van der Waals surface area contributed by atoms with E-state index in [2.05, 4.69) is 90.5 Å². The second kappa shape index (κ2) is 42.7. The third-order valence-electron chi connectivity index (χ3n) is 9.45. The van der Waals surface area contributed by atoms with Crippen molar-refractivity contribution in [2.75, 3.05) is 151 Å². The van der Waals surface area contributed by atoms with Gasteiger partial charge in [-0.25, -0.2) is 50.2 Å². The first-order valence-electron chi connectivity index (χ1n) is 26.3. The van der Waals surface area contributed by atoms with Crippen LogP contribution in [0.3, 0.4) is 0 Å². The van der Waals surface area contributed by atoms with Gasteiger partial charge in [-0.05, 0) is 20.8 Å². The predicted octanol–water partition coefficient (Wildman–Crippen LogP) is 2.00. The molecule has 62 heteroatoms. The zero-order valence-corrected chi connectivity index (χ0v) is 61.1. The molecule has 4 amide bonds. The number of rotatable bonds is 58. The van der Waals surface area contributed by atoms with Gasteiger partial charge in [0.25, 0.3) is 11.8 Å². The Hall–Kier alpha value is -0.420. The summed E-state index contributed by atoms with van der Waals surface area (Å²) in [7, 11) is -54.1. The smallest absolute Gasteiger partial charge is 0.302 e. The molecule has 0 bridgehead atoms. The summed E-state index contributed by atoms with van der Waals surface area (Å²) in [6, 6.07) is 0. The number of phosphoric acid groups is 11. The molecule has 0 radical (unpaired) electrons. The van der Waals surface area contributed by atoms with Crippen LogP contribution in [0, 0.1) is 0 Å². The van der Waals surface area contributed by atoms with Crippen molar-refractivity contribution in [1.82, 2.24) is 9.80 Å². The summed E-state index contributed by atoms with van der Waals surface area (Å²) >= 11 is 0.657. The lowest BCUT2D eigenvalue weighted by Crippen LogP contribution is -2.41. The van der Waals surface area contributed by atoms with Crippen molar-refractivity contribution in [2.45, 2.75) is 38.0 Å². The Kier molecular flexibility index (Phi) is 40.7. The second-order valence-corrected chi connectivity index (χ2v) is 35.2. The first kappa shape index (κ1) is 92.7. The highest BCUT2D eigenvalue weighted by Gasteiger charge is 2.41. The van der Waals surface area contributed by atoms with Crippen LogP contribution in [0.5, 0.6) is 0 Å². The van der Waals surface area contributed by atoms with Crippen LogP contribution in [0.1, 0.15) is 27.2 Å². The average molecular weight is 1660 g/mol. The number of phosphoric ester groups is 11. The van der Waals surface area contributed by atoms with Crippen LogP contribution in [0.15, 0.2) is 12.2 Å². The van der Waals surface area contributed by atoms with Crippen molar-refractivity contribution in [3.05, 3.63) is 12.2 Å². The Labute approximate surface area is 553 Å². The molecule has 0 saturated carbocycles. The van der Waals surface area contributed by atoms with Crippen molar-refractivity contribution < 1.29 is 223 Å². The zero-order chi connectivity index (χ0) is 73.7. The number of imide groups is 2. The molecule has 50 nitrogen and oxygen atoms in total. The van der Waals surface area contributed by atoms with Gasteiger partial charge in [0.05, 0.1) is 143 Å². The minimum Gasteiger partial charge on any atom is -0.302 e. The molecule has 1 fully saturated rings. The topological polar surface area (TPSA) is 688 Å². The van der Waals surface area contributed by atoms with E-state index in [0.29, 0.717) is 11.8 Å². The van der Waals surface area contributed by atoms with Crippen molar-refractivity contribution in [3.63, 3.8) is 0 Å². The number of carbonyl (C=O) groups is 4. The second-order valence-electron chi connectivity index (χ2n) is 18.2. The van der Waals surface area contributed by atoms with E-state index in [1.54, 1.807) is 0 Å². The van der Waals surface area contributed by atoms with E-state index in [0.717, 1.165) is 22.0 Å². The van der Waals surface area contributed by atoms with Gasteiger partial charge < -0.3 is 53.8 Å². The Bertz CT molecular complexity index is 3110. The van der Waals surface area contributed by atoms with Gasteiger partial charge in [-0.2, -0.15) is 0 Å². The molecule has 0 aromatic heterocycles. The fourth-order valence-electron chi connectivity index (χ4n) is 5.85. The van der Waals surface area contributed by atoms with Gasteiger partial charge in [0.15, 0.2) is 0 Å². The largest absolute Gasteiger partial charge is 0.473 e. The van der Waals surface area contributed by atoms with E-state index in [9.17, 15) is 123 Å². The van der Waals surface area contributed by atoms with Crippen LogP contribution in [0.4, 0.5) is 0 Å². The average Bonchev–Trinajstić information content (AvgIpc) is 1.70. The van der Waals surface area contributed by atoms with Gasteiger partial charge in [-0.1, -0.05) is 0 Å². The van der Waals surface area contributed by atoms with E-state index in [1.807, 2.05) is 0 Å². The highest BCUT2D eigenvalue weighted by Crippen LogP contribution is 2.53. The molecule has 2 rings (SSSR count). The Balaban J connectivity index is 1.50. The number of carbonyl (C=O) groups excluding carboxylic acids is 4. The summed E-state index contributed by atoms with van der Waals surface area (Å²) in [6.45, 7) is -13.9. The summed E-state index contributed by atoms with van der Waals surface area (Å²) in [5.41, 5.74) is -1.06. The quantitative estimate of drug-likeness (QED) is 0.0179. The number of likely N-dealkylation sites (tertiary alicyclic amines) is 1. The van der Waals surface area contributed by atoms with Crippen LogP contribution >= 0.6 is 97.8 Å². The van der Waals surface area contributed by atoms with Crippen LogP contribution in [0.25, 0.3) is 0 Å². The molecule has 0 aromatic carbocycles. The highest BCUT2D eigenvalue weighted by molar-refractivity contribution is 8.00. The summed E-state index contributed by atoms with van der Waals surface area (Å²) in [4.78, 5) is 157. The van der Waals surface area contributed by atoms with Gasteiger partial charge >= 0.3 is 86.0 Å². The number of amides is 4. The molecular formula is C35H71N2O48P11S. The van der Waals surface area contributed by atoms with E-state index in [4.69, 9.17) is 9.05 Å². The van der Waals surface area contributed by atoms with Gasteiger partial charge in [0.2, 0.25) is 11.8 Å². The molecule has 2 aliphatic heterocycles. The highest BCUT2D eigenvalue weighted by atomic mass is 32.2. The van der Waals surface area contributed by atoms with Gasteiger partial charge in [-0.3, -0.25) is 129 Å². The van der Waals surface area contributed by atoms with Crippen LogP contribution in [0.2, 0.25) is 0 Å². The van der Waals surface area contributed by atoms with Crippen LogP contribution in [-0.4, -0.2) is 249 Å². The molecule has 12 unspecified atom stereocenters. The lowest BCUT2D eigenvalue weighted by Gasteiger charge is -2.22. The van der Waals surface area contributed by atoms with Crippen molar-refractivity contribution in [1.29, 1.82) is 0 Å². The fourth-order valence-corrected chi connectivity index (χ4v) is 14.9. The first-order valence-corrected chi connectivity index (χ1v) is 43.8. The maximum absolute atomic E-state index is 12.6. The molecule has 1 saturated heterocycles. The van der Waals surface area contributed by atoms with E-state index in [1.165, 1.54) is 20.8 Å². The maximum atomic E-state index is 12.6. The monoisotopic (exact) mass is 1660 g/mol. The predicted molar refractivity (Wildman–Crippen MR) is 312 cm³/mol. The van der Waals surface area contributed by atoms with E-state index >= 15 is 0 Å². The number of thioether (sulfide) groups is 1. The molecule has 2 heterocycles. The minimum absolute atomic E-state index is 0.246. The molecular weight excluding hydrogens is 1590 g/mol. The third-order valence-corrected chi connectivity index (χ3v) is 22.1. The van der Waals surface area contributed by atoms with Crippen LogP contribution in [-0.2, 0) is 169 Å². The molecule has 97 heavy (non-hydrogen) atoms. The van der Waals surface area contributed by atoms with Gasteiger partial charge in [-0.15, -0.1) is 11.8 Å². The van der Waals surface area contributed by atoms with Crippen molar-refractivity contribution in [3.8, 4) is 0 Å². The summed E-state index contributed by atoms with van der Waals surface area (Å²) < 4.78 is 232. The first-order chi connectivity index (χ1) is 44.5. The number of hydrogen-bond acceptors (Lipinski definition) is 38. The van der Waals surface area contributed by atoms with E-state index < -0.39 is 259 Å². The Morgan fingerprint density at radius 2 is 0.515 bits per heavy atom. The van der Waals surface area contributed by atoms with E-state index in [-0.39, 0.29) is 19.5 Å². The third kappa shape index (κ3) is 44.9. The maximum Gasteiger partial charge on any atom is 0.473 e. The summed E-state index contributed by atoms with van der Waals surface area (Å²) in [5.74, 6) is -3.21. The Morgan fingerprint density at radius 3 is 0.722 bits per heavy atom. The number of nitrogens with zero attached hydrogens (tertiary/aromatic N) is 2. The SMILES string of the molecule is CC(C)(C)OP(=O)(O)OCCOP(=O)(O)OCCOP(=O)(O)OCCOP(=O)(O)OCCOP(=O)(O)OCCOP(=O)(O)OCCOP(=O)(O)OCCOP(=O)(O)OCCOP(=O)(O)OCCOP(=O)(O)OCCOP(=O)(O)OCSC1CC(=O)N(CCN2C(=O)C=CC2=O)C1=O. The van der Waals surface area contributed by atoms with Crippen molar-refractivity contribution >= 4 is 121 Å². The zero-order valence-electron chi connectivity index (χ0n) is 50.4. The molecule has 0 aliphatic carbocycles. The molecule has 570 valence electrons. The molecule has 0 spiro atoms. The Morgan fingerprint density at radius 1 is 0.330 bits per heavy atom. The lowest BCUT2D eigenvalue weighted by atomic mass is 10.2. The molecule has 2 aliphatic rings. The normalized spacial score (nSPS) is 21.7.